The van der Waals surface area contributed by atoms with Crippen LogP contribution in [-0.2, 0) is 6.42 Å². The Morgan fingerprint density at radius 2 is 1.70 bits per heavy atom. The van der Waals surface area contributed by atoms with Gasteiger partial charge in [0.05, 0.1) is 5.69 Å². The average molecular weight is 283 g/mol. The van der Waals surface area contributed by atoms with Crippen LogP contribution in [0.3, 0.4) is 0 Å². The molecule has 3 heteroatoms. The van der Waals surface area contributed by atoms with Crippen molar-refractivity contribution in [2.45, 2.75) is 13.3 Å². The van der Waals surface area contributed by atoms with Crippen molar-refractivity contribution in [1.29, 1.82) is 0 Å². The maximum atomic E-state index is 6.20. The Kier molecular flexibility index (Phi) is 3.57. The van der Waals surface area contributed by atoms with E-state index in [-0.39, 0.29) is 0 Å². The Morgan fingerprint density at radius 3 is 2.45 bits per heavy atom. The zero-order valence-electron chi connectivity index (χ0n) is 11.2. The van der Waals surface area contributed by atoms with Gasteiger partial charge in [-0.15, -0.1) is 0 Å². The number of halogens is 1. The van der Waals surface area contributed by atoms with Crippen LogP contribution >= 0.6 is 11.6 Å². The fourth-order valence-electron chi connectivity index (χ4n) is 2.31. The van der Waals surface area contributed by atoms with E-state index in [0.29, 0.717) is 6.42 Å². The molecule has 0 saturated carbocycles. The smallest absolute Gasteiger partial charge is 0.111 e. The van der Waals surface area contributed by atoms with Gasteiger partial charge in [-0.3, -0.25) is 0 Å². The minimum absolute atomic E-state index is 0.716. The highest BCUT2D eigenvalue weighted by Gasteiger charge is 2.10. The van der Waals surface area contributed by atoms with Crippen LogP contribution in [-0.4, -0.2) is 9.97 Å². The molecule has 2 nitrogen and oxygen atoms in total. The van der Waals surface area contributed by atoms with E-state index in [2.05, 4.69) is 17.1 Å². The third-order valence-corrected chi connectivity index (χ3v) is 3.67. The van der Waals surface area contributed by atoms with Gasteiger partial charge in [0.2, 0.25) is 0 Å². The molecular formula is C17H15ClN2. The number of nitrogens with zero attached hydrogens (tertiary/aromatic N) is 1. The Balaban J connectivity index is 1.92. The first kappa shape index (κ1) is 12.9. The van der Waals surface area contributed by atoms with Gasteiger partial charge in [0.25, 0.3) is 0 Å². The topological polar surface area (TPSA) is 28.7 Å². The van der Waals surface area contributed by atoms with Gasteiger partial charge in [-0.1, -0.05) is 60.1 Å². The molecule has 0 atom stereocenters. The lowest BCUT2D eigenvalue weighted by Gasteiger charge is -2.00. The lowest BCUT2D eigenvalue weighted by Crippen LogP contribution is -1.91. The van der Waals surface area contributed by atoms with Gasteiger partial charge < -0.3 is 4.98 Å². The molecule has 1 N–H and O–H groups in total. The molecular weight excluding hydrogens is 268 g/mol. The maximum absolute atomic E-state index is 6.20. The van der Waals surface area contributed by atoms with Crippen molar-refractivity contribution in [3.8, 4) is 11.3 Å². The minimum atomic E-state index is 0.716. The van der Waals surface area contributed by atoms with Crippen molar-refractivity contribution in [2.24, 2.45) is 0 Å². The van der Waals surface area contributed by atoms with Crippen LogP contribution in [0.25, 0.3) is 11.3 Å². The average Bonchev–Trinajstić information content (AvgIpc) is 2.83. The van der Waals surface area contributed by atoms with E-state index in [4.69, 9.17) is 16.6 Å². The molecule has 0 bridgehead atoms. The third kappa shape index (κ3) is 2.61. The molecule has 0 aliphatic rings. The van der Waals surface area contributed by atoms with Crippen molar-refractivity contribution in [3.63, 3.8) is 0 Å². The van der Waals surface area contributed by atoms with Crippen LogP contribution in [0.2, 0.25) is 5.02 Å². The fourth-order valence-corrected chi connectivity index (χ4v) is 2.51. The van der Waals surface area contributed by atoms with E-state index in [0.717, 1.165) is 33.4 Å². The lowest BCUT2D eigenvalue weighted by molar-refractivity contribution is 1.02. The molecule has 0 saturated heterocycles. The summed E-state index contributed by atoms with van der Waals surface area (Å²) in [6, 6.07) is 18.1. The van der Waals surface area contributed by atoms with Crippen molar-refractivity contribution in [2.75, 3.05) is 0 Å². The summed E-state index contributed by atoms with van der Waals surface area (Å²) in [6.45, 7) is 2.05. The van der Waals surface area contributed by atoms with E-state index >= 15 is 0 Å². The highest BCUT2D eigenvalue weighted by Crippen LogP contribution is 2.23. The summed E-state index contributed by atoms with van der Waals surface area (Å²) < 4.78 is 0. The van der Waals surface area contributed by atoms with Crippen LogP contribution in [0, 0.1) is 6.92 Å². The predicted octanol–water partition coefficient (Wildman–Crippen LogP) is 4.63. The Hall–Kier alpha value is -2.06. The second kappa shape index (κ2) is 5.51. The Morgan fingerprint density at radius 1 is 1.00 bits per heavy atom. The van der Waals surface area contributed by atoms with Crippen molar-refractivity contribution < 1.29 is 0 Å². The molecule has 0 aliphatic heterocycles. The normalized spacial score (nSPS) is 10.7. The first-order valence-electron chi connectivity index (χ1n) is 6.58. The Labute approximate surface area is 123 Å². The number of H-pyrrole nitrogens is 1. The van der Waals surface area contributed by atoms with Crippen LogP contribution in [0.4, 0.5) is 0 Å². The van der Waals surface area contributed by atoms with Gasteiger partial charge in [0.1, 0.15) is 5.82 Å². The summed E-state index contributed by atoms with van der Waals surface area (Å²) in [4.78, 5) is 8.05. The molecule has 0 unspecified atom stereocenters. The van der Waals surface area contributed by atoms with Gasteiger partial charge in [-0.25, -0.2) is 4.98 Å². The summed E-state index contributed by atoms with van der Waals surface area (Å²) in [5.74, 6) is 0.939. The van der Waals surface area contributed by atoms with E-state index < -0.39 is 0 Å². The van der Waals surface area contributed by atoms with Gasteiger partial charge in [-0.05, 0) is 18.6 Å². The summed E-state index contributed by atoms with van der Waals surface area (Å²) in [5, 5.41) is 0.780. The van der Waals surface area contributed by atoms with Crippen molar-refractivity contribution in [1.82, 2.24) is 9.97 Å². The molecule has 3 rings (SSSR count). The predicted molar refractivity (Wildman–Crippen MR) is 83.0 cm³/mol. The fraction of sp³-hybridized carbons (Fsp3) is 0.118. The molecule has 0 amide bonds. The number of hydrogen-bond donors (Lipinski definition) is 1. The number of benzene rings is 2. The second-order valence-electron chi connectivity index (χ2n) is 4.79. The number of rotatable bonds is 3. The summed E-state index contributed by atoms with van der Waals surface area (Å²) in [7, 11) is 0. The molecule has 100 valence electrons. The number of hydrogen-bond acceptors (Lipinski definition) is 1. The minimum Gasteiger partial charge on any atom is -0.345 e. The van der Waals surface area contributed by atoms with Crippen molar-refractivity contribution >= 4 is 11.6 Å². The van der Waals surface area contributed by atoms with Crippen LogP contribution in [0.1, 0.15) is 17.1 Å². The van der Waals surface area contributed by atoms with E-state index in [1.807, 2.05) is 49.4 Å². The molecule has 20 heavy (non-hydrogen) atoms. The zero-order chi connectivity index (χ0) is 13.9. The van der Waals surface area contributed by atoms with Gasteiger partial charge in [0, 0.05) is 22.7 Å². The van der Waals surface area contributed by atoms with E-state index in [1.165, 1.54) is 0 Å². The SMILES string of the molecule is Cc1[nH]c(Cc2ccccc2Cl)nc1-c1ccccc1. The van der Waals surface area contributed by atoms with Crippen LogP contribution in [0.15, 0.2) is 54.6 Å². The summed E-state index contributed by atoms with van der Waals surface area (Å²) in [5.41, 5.74) is 4.31. The van der Waals surface area contributed by atoms with Gasteiger partial charge >= 0.3 is 0 Å². The number of aromatic nitrogens is 2. The van der Waals surface area contributed by atoms with Crippen molar-refractivity contribution in [3.05, 3.63) is 76.7 Å². The first-order valence-corrected chi connectivity index (χ1v) is 6.96. The molecule has 1 aromatic heterocycles. The maximum Gasteiger partial charge on any atom is 0.111 e. The molecule has 2 aromatic carbocycles. The molecule has 0 fully saturated rings. The van der Waals surface area contributed by atoms with E-state index in [9.17, 15) is 0 Å². The first-order chi connectivity index (χ1) is 9.74. The molecule has 1 heterocycles. The zero-order valence-corrected chi connectivity index (χ0v) is 12.0. The van der Waals surface area contributed by atoms with Crippen LogP contribution in [0.5, 0.6) is 0 Å². The molecule has 3 aromatic rings. The summed E-state index contributed by atoms with van der Waals surface area (Å²) in [6.07, 6.45) is 0.716. The highest BCUT2D eigenvalue weighted by molar-refractivity contribution is 6.31. The number of nitrogens with one attached hydrogen (secondary N) is 1. The largest absolute Gasteiger partial charge is 0.345 e. The Bertz CT molecular complexity index is 717. The van der Waals surface area contributed by atoms with E-state index in [1.54, 1.807) is 0 Å². The monoisotopic (exact) mass is 282 g/mol. The quantitative estimate of drug-likeness (QED) is 0.745. The van der Waals surface area contributed by atoms with Gasteiger partial charge in [0.15, 0.2) is 0 Å². The van der Waals surface area contributed by atoms with Gasteiger partial charge in [-0.2, -0.15) is 0 Å². The van der Waals surface area contributed by atoms with Crippen LogP contribution < -0.4 is 0 Å². The number of aromatic amines is 1. The number of imidazole rings is 1. The molecule has 0 radical (unpaired) electrons. The standard InChI is InChI=1S/C17H15ClN2/c1-12-17(13-7-3-2-4-8-13)20-16(19-12)11-14-9-5-6-10-15(14)18/h2-10H,11H2,1H3,(H,19,20). The summed E-state index contributed by atoms with van der Waals surface area (Å²) >= 11 is 6.20. The molecule has 0 aliphatic carbocycles. The molecule has 0 spiro atoms. The third-order valence-electron chi connectivity index (χ3n) is 3.30. The lowest BCUT2D eigenvalue weighted by atomic mass is 10.1. The second-order valence-corrected chi connectivity index (χ2v) is 5.20. The number of aryl methyl sites for hydroxylation is 1. The highest BCUT2D eigenvalue weighted by atomic mass is 35.5.